The number of nitrogens with zero attached hydrogens (tertiary/aromatic N) is 2. The molecule has 1 fully saturated rings. The Hall–Kier alpha value is -2.54. The fourth-order valence-corrected chi connectivity index (χ4v) is 4.56. The number of benzene rings is 1. The van der Waals surface area contributed by atoms with Gasteiger partial charge in [-0.25, -0.2) is 4.98 Å². The van der Waals surface area contributed by atoms with E-state index < -0.39 is 6.04 Å². The molecule has 1 aliphatic heterocycles. The predicted molar refractivity (Wildman–Crippen MR) is 99.7 cm³/mol. The van der Waals surface area contributed by atoms with Gasteiger partial charge in [0.05, 0.1) is 27.1 Å². The normalized spacial score (nSPS) is 23.4. The first kappa shape index (κ1) is 16.9. The number of likely N-dealkylation sites (tertiary alicyclic amines) is 1. The number of carbonyl (C=O) groups is 3. The molecular formula is C19H19N3O3S. The molecule has 1 aromatic carbocycles. The summed E-state index contributed by atoms with van der Waals surface area (Å²) in [5, 5.41) is 3.78. The van der Waals surface area contributed by atoms with Crippen molar-refractivity contribution in [2.75, 3.05) is 5.32 Å². The lowest BCUT2D eigenvalue weighted by atomic mass is 9.85. The van der Waals surface area contributed by atoms with Crippen LogP contribution in [0.5, 0.6) is 0 Å². The molecule has 4 rings (SSSR count). The predicted octanol–water partition coefficient (Wildman–Crippen LogP) is 2.88. The van der Waals surface area contributed by atoms with Crippen LogP contribution >= 0.6 is 11.3 Å². The third-order valence-corrected chi connectivity index (χ3v) is 6.00. The molecule has 7 heteroatoms. The van der Waals surface area contributed by atoms with Gasteiger partial charge in [-0.05, 0) is 44.9 Å². The molecule has 0 saturated carbocycles. The number of amides is 3. The van der Waals surface area contributed by atoms with Gasteiger partial charge >= 0.3 is 0 Å². The third-order valence-electron chi connectivity index (χ3n) is 5.07. The van der Waals surface area contributed by atoms with Crippen LogP contribution in [0.3, 0.4) is 0 Å². The summed E-state index contributed by atoms with van der Waals surface area (Å²) in [6.45, 7) is 3.54. The van der Waals surface area contributed by atoms with E-state index in [1.54, 1.807) is 24.3 Å². The fraction of sp³-hybridized carbons (Fsp3) is 0.368. The number of nitrogens with one attached hydrogen (secondary N) is 1. The number of thiazole rings is 1. The standard InChI is InChI=1S/C19H19N3O3S/c1-10(22-18(24)13-5-3-4-6-14(13)19(22)25)17(23)21-12-7-8-15-16(9-12)26-11(2)20-15/h3-4,7-10,13-14H,5-6H2,1-2H3,(H,21,23)/t10-,13-,14-/m0/s1. The van der Waals surface area contributed by atoms with Crippen molar-refractivity contribution in [3.63, 3.8) is 0 Å². The average Bonchev–Trinajstić information content (AvgIpc) is 3.11. The van der Waals surface area contributed by atoms with E-state index in [1.165, 1.54) is 0 Å². The lowest BCUT2D eigenvalue weighted by molar-refractivity contribution is -0.146. The molecule has 3 atom stereocenters. The molecule has 0 spiro atoms. The maximum Gasteiger partial charge on any atom is 0.247 e. The van der Waals surface area contributed by atoms with Crippen LogP contribution in [0.15, 0.2) is 30.4 Å². The fourth-order valence-electron chi connectivity index (χ4n) is 3.69. The van der Waals surface area contributed by atoms with E-state index in [4.69, 9.17) is 0 Å². The maximum absolute atomic E-state index is 12.7. The number of hydrogen-bond donors (Lipinski definition) is 1. The van der Waals surface area contributed by atoms with Crippen molar-refractivity contribution < 1.29 is 14.4 Å². The van der Waals surface area contributed by atoms with Gasteiger partial charge < -0.3 is 5.32 Å². The highest BCUT2D eigenvalue weighted by molar-refractivity contribution is 7.18. The number of carbonyl (C=O) groups excluding carboxylic acids is 3. The Morgan fingerprint density at radius 1 is 1.23 bits per heavy atom. The van der Waals surface area contributed by atoms with Crippen LogP contribution in [-0.4, -0.2) is 33.6 Å². The van der Waals surface area contributed by atoms with Crippen molar-refractivity contribution in [3.8, 4) is 0 Å². The molecule has 1 N–H and O–H groups in total. The number of anilines is 1. The van der Waals surface area contributed by atoms with Crippen molar-refractivity contribution in [1.82, 2.24) is 9.88 Å². The van der Waals surface area contributed by atoms with E-state index in [0.717, 1.165) is 20.1 Å². The Labute approximate surface area is 154 Å². The zero-order valence-corrected chi connectivity index (χ0v) is 15.4. The minimum Gasteiger partial charge on any atom is -0.324 e. The molecule has 1 saturated heterocycles. The SMILES string of the molecule is Cc1nc2ccc(NC(=O)[C@H](C)N3C(=O)[C@H]4CC=CC[C@@H]4C3=O)cc2s1. The molecule has 0 unspecified atom stereocenters. The first-order chi connectivity index (χ1) is 12.5. The van der Waals surface area contributed by atoms with Crippen LogP contribution in [0.1, 0.15) is 24.8 Å². The Bertz CT molecular complexity index is 923. The van der Waals surface area contributed by atoms with E-state index >= 15 is 0 Å². The van der Waals surface area contributed by atoms with Gasteiger partial charge in [0.2, 0.25) is 17.7 Å². The first-order valence-electron chi connectivity index (χ1n) is 8.65. The summed E-state index contributed by atoms with van der Waals surface area (Å²) in [4.78, 5) is 43.4. The molecule has 3 amide bonds. The van der Waals surface area contributed by atoms with Gasteiger partial charge in [0.25, 0.3) is 0 Å². The molecule has 2 heterocycles. The smallest absolute Gasteiger partial charge is 0.247 e. The summed E-state index contributed by atoms with van der Waals surface area (Å²) < 4.78 is 0.985. The number of aromatic nitrogens is 1. The lowest BCUT2D eigenvalue weighted by Crippen LogP contribution is -2.46. The van der Waals surface area contributed by atoms with Crippen molar-refractivity contribution >= 4 is 45.0 Å². The second kappa shape index (κ2) is 6.32. The largest absolute Gasteiger partial charge is 0.324 e. The second-order valence-electron chi connectivity index (χ2n) is 6.78. The van der Waals surface area contributed by atoms with Gasteiger partial charge in [-0.1, -0.05) is 12.2 Å². The van der Waals surface area contributed by atoms with Crippen molar-refractivity contribution in [2.24, 2.45) is 11.8 Å². The number of aryl methyl sites for hydroxylation is 1. The minimum atomic E-state index is -0.834. The molecule has 2 aliphatic rings. The molecular weight excluding hydrogens is 350 g/mol. The van der Waals surface area contributed by atoms with E-state index in [-0.39, 0.29) is 29.6 Å². The van der Waals surface area contributed by atoms with Crippen LogP contribution in [0, 0.1) is 18.8 Å². The van der Waals surface area contributed by atoms with Crippen LogP contribution in [0.2, 0.25) is 0 Å². The summed E-state index contributed by atoms with van der Waals surface area (Å²) in [7, 11) is 0. The highest BCUT2D eigenvalue weighted by Gasteiger charge is 2.50. The summed E-state index contributed by atoms with van der Waals surface area (Å²) in [5.41, 5.74) is 1.52. The summed E-state index contributed by atoms with van der Waals surface area (Å²) in [5.74, 6) is -1.47. The second-order valence-corrected chi connectivity index (χ2v) is 8.02. The van der Waals surface area contributed by atoms with Crippen LogP contribution in [0.4, 0.5) is 5.69 Å². The number of hydrogen-bond acceptors (Lipinski definition) is 5. The summed E-state index contributed by atoms with van der Waals surface area (Å²) >= 11 is 1.55. The monoisotopic (exact) mass is 369 g/mol. The Balaban J connectivity index is 1.52. The molecule has 26 heavy (non-hydrogen) atoms. The zero-order chi connectivity index (χ0) is 18.4. The lowest BCUT2D eigenvalue weighted by Gasteiger charge is -2.22. The van der Waals surface area contributed by atoms with Gasteiger partial charge in [0.15, 0.2) is 0 Å². The highest BCUT2D eigenvalue weighted by Crippen LogP contribution is 2.36. The number of rotatable bonds is 3. The van der Waals surface area contributed by atoms with Crippen molar-refractivity contribution in [3.05, 3.63) is 35.4 Å². The summed E-state index contributed by atoms with van der Waals surface area (Å²) in [6, 6.07) is 4.66. The van der Waals surface area contributed by atoms with Crippen LogP contribution < -0.4 is 5.32 Å². The van der Waals surface area contributed by atoms with E-state index in [1.807, 2.05) is 31.2 Å². The van der Waals surface area contributed by atoms with Gasteiger partial charge in [-0.15, -0.1) is 11.3 Å². The van der Waals surface area contributed by atoms with Gasteiger partial charge in [0, 0.05) is 5.69 Å². The molecule has 2 aromatic rings. The van der Waals surface area contributed by atoms with Crippen LogP contribution in [0.25, 0.3) is 10.2 Å². The maximum atomic E-state index is 12.7. The van der Waals surface area contributed by atoms with Gasteiger partial charge in [-0.3, -0.25) is 19.3 Å². The summed E-state index contributed by atoms with van der Waals surface area (Å²) in [6.07, 6.45) is 5.02. The Morgan fingerprint density at radius 3 is 2.54 bits per heavy atom. The quantitative estimate of drug-likeness (QED) is 0.666. The van der Waals surface area contributed by atoms with Crippen molar-refractivity contribution in [1.29, 1.82) is 0 Å². The number of fused-ring (bicyclic) bond motifs is 2. The van der Waals surface area contributed by atoms with E-state index in [0.29, 0.717) is 18.5 Å². The molecule has 0 radical (unpaired) electrons. The Kier molecular flexibility index (Phi) is 4.11. The molecule has 6 nitrogen and oxygen atoms in total. The molecule has 1 aromatic heterocycles. The number of allylic oxidation sites excluding steroid dienone is 2. The minimum absolute atomic E-state index is 0.236. The third kappa shape index (κ3) is 2.72. The van der Waals surface area contributed by atoms with Crippen LogP contribution in [-0.2, 0) is 14.4 Å². The van der Waals surface area contributed by atoms with Gasteiger partial charge in [-0.2, -0.15) is 0 Å². The zero-order valence-electron chi connectivity index (χ0n) is 14.6. The molecule has 134 valence electrons. The van der Waals surface area contributed by atoms with Crippen molar-refractivity contribution in [2.45, 2.75) is 32.7 Å². The molecule has 0 bridgehead atoms. The topological polar surface area (TPSA) is 79.4 Å². The first-order valence-corrected chi connectivity index (χ1v) is 9.47. The highest BCUT2D eigenvalue weighted by atomic mass is 32.1. The number of imide groups is 1. The Morgan fingerprint density at radius 2 is 1.88 bits per heavy atom. The van der Waals surface area contributed by atoms with E-state index in [9.17, 15) is 14.4 Å². The van der Waals surface area contributed by atoms with E-state index in [2.05, 4.69) is 10.3 Å². The van der Waals surface area contributed by atoms with Gasteiger partial charge in [0.1, 0.15) is 6.04 Å². The molecule has 1 aliphatic carbocycles. The average molecular weight is 369 g/mol.